The minimum Gasteiger partial charge on any atom is -0.481 e. The number of aryl methyl sites for hydroxylation is 1. The zero-order chi connectivity index (χ0) is 13.0. The van der Waals surface area contributed by atoms with Crippen LogP contribution in [0.25, 0.3) is 0 Å². The number of aromatic nitrogens is 2. The molecule has 0 bridgehead atoms. The van der Waals surface area contributed by atoms with Crippen LogP contribution in [-0.2, 0) is 11.2 Å². The van der Waals surface area contributed by atoms with Gasteiger partial charge < -0.3 is 5.11 Å². The third-order valence-corrected chi connectivity index (χ3v) is 2.95. The average Bonchev–Trinajstić information content (AvgIpc) is 2.38. The number of rotatable bonds is 4. The largest absolute Gasteiger partial charge is 0.481 e. The highest BCUT2D eigenvalue weighted by Crippen LogP contribution is 2.21. The zero-order valence-corrected chi connectivity index (χ0v) is 10.1. The second kappa shape index (κ2) is 5.40. The van der Waals surface area contributed by atoms with Crippen LogP contribution in [0.3, 0.4) is 0 Å². The van der Waals surface area contributed by atoms with Gasteiger partial charge in [-0.15, -0.1) is 0 Å². The van der Waals surface area contributed by atoms with Crippen molar-refractivity contribution in [2.45, 2.75) is 19.3 Å². The van der Waals surface area contributed by atoms with Crippen LogP contribution < -0.4 is 0 Å². The molecule has 18 heavy (non-hydrogen) atoms. The molecule has 0 saturated carbocycles. The molecule has 1 atom stereocenters. The van der Waals surface area contributed by atoms with Gasteiger partial charge in [0.1, 0.15) is 12.2 Å². The predicted molar refractivity (Wildman–Crippen MR) is 67.3 cm³/mol. The summed E-state index contributed by atoms with van der Waals surface area (Å²) in [4.78, 5) is 19.2. The summed E-state index contributed by atoms with van der Waals surface area (Å²) in [6, 6.07) is 9.44. The highest BCUT2D eigenvalue weighted by Gasteiger charge is 2.22. The van der Waals surface area contributed by atoms with E-state index in [0.717, 1.165) is 11.1 Å². The maximum atomic E-state index is 11.4. The highest BCUT2D eigenvalue weighted by atomic mass is 16.4. The van der Waals surface area contributed by atoms with E-state index in [-0.39, 0.29) is 0 Å². The smallest absolute Gasteiger partial charge is 0.312 e. The molecule has 1 heterocycles. The molecule has 2 aromatic rings. The Bertz CT molecular complexity index is 541. The summed E-state index contributed by atoms with van der Waals surface area (Å²) < 4.78 is 0. The molecule has 2 rings (SSSR count). The predicted octanol–water partition coefficient (Wildman–Crippen LogP) is 2.20. The van der Waals surface area contributed by atoms with Gasteiger partial charge in [-0.2, -0.15) is 0 Å². The number of hydrogen-bond donors (Lipinski definition) is 1. The second-order valence-corrected chi connectivity index (χ2v) is 4.16. The van der Waals surface area contributed by atoms with E-state index in [2.05, 4.69) is 9.97 Å². The van der Waals surface area contributed by atoms with Gasteiger partial charge in [0.2, 0.25) is 0 Å². The SMILES string of the molecule is Cc1ccccc1CC(C(=O)O)c1ccncn1. The topological polar surface area (TPSA) is 63.1 Å². The molecule has 1 N–H and O–H groups in total. The van der Waals surface area contributed by atoms with Crippen LogP contribution >= 0.6 is 0 Å². The van der Waals surface area contributed by atoms with Crippen LogP contribution in [-0.4, -0.2) is 21.0 Å². The zero-order valence-electron chi connectivity index (χ0n) is 10.1. The molecule has 1 aromatic carbocycles. The molecule has 4 nitrogen and oxygen atoms in total. The third-order valence-electron chi connectivity index (χ3n) is 2.95. The summed E-state index contributed by atoms with van der Waals surface area (Å²) in [5.74, 6) is -1.49. The van der Waals surface area contributed by atoms with Crippen molar-refractivity contribution in [3.05, 3.63) is 59.7 Å². The van der Waals surface area contributed by atoms with Gasteiger partial charge in [-0.05, 0) is 30.5 Å². The van der Waals surface area contributed by atoms with Crippen molar-refractivity contribution in [2.75, 3.05) is 0 Å². The van der Waals surface area contributed by atoms with Crippen LogP contribution in [0.15, 0.2) is 42.9 Å². The first-order chi connectivity index (χ1) is 8.68. The molecule has 0 radical (unpaired) electrons. The number of benzene rings is 1. The highest BCUT2D eigenvalue weighted by molar-refractivity contribution is 5.75. The molecule has 0 saturated heterocycles. The monoisotopic (exact) mass is 242 g/mol. The number of carboxylic acid groups (broad SMARTS) is 1. The number of hydrogen-bond acceptors (Lipinski definition) is 3. The first kappa shape index (κ1) is 12.2. The molecule has 0 aliphatic heterocycles. The molecule has 92 valence electrons. The van der Waals surface area contributed by atoms with E-state index in [4.69, 9.17) is 0 Å². The Labute approximate surface area is 105 Å². The standard InChI is InChI=1S/C14H14N2O2/c1-10-4-2-3-5-11(10)8-12(14(17)18)13-6-7-15-9-16-13/h2-7,9,12H,8H2,1H3,(H,17,18). The van der Waals surface area contributed by atoms with E-state index in [1.54, 1.807) is 12.3 Å². The van der Waals surface area contributed by atoms with Gasteiger partial charge in [0.05, 0.1) is 5.69 Å². The lowest BCUT2D eigenvalue weighted by Crippen LogP contribution is -2.16. The summed E-state index contributed by atoms with van der Waals surface area (Å²) in [5, 5.41) is 9.32. The summed E-state index contributed by atoms with van der Waals surface area (Å²) >= 11 is 0. The second-order valence-electron chi connectivity index (χ2n) is 4.16. The van der Waals surface area contributed by atoms with Crippen molar-refractivity contribution in [1.29, 1.82) is 0 Å². The summed E-state index contributed by atoms with van der Waals surface area (Å²) in [6.45, 7) is 1.98. The first-order valence-corrected chi connectivity index (χ1v) is 5.71. The van der Waals surface area contributed by atoms with Crippen molar-refractivity contribution in [3.8, 4) is 0 Å². The maximum absolute atomic E-state index is 11.4. The lowest BCUT2D eigenvalue weighted by molar-refractivity contribution is -0.138. The number of carboxylic acids is 1. The number of carbonyl (C=O) groups is 1. The van der Waals surface area contributed by atoms with E-state index in [0.29, 0.717) is 12.1 Å². The normalized spacial score (nSPS) is 12.1. The lowest BCUT2D eigenvalue weighted by Gasteiger charge is -2.13. The summed E-state index contributed by atoms with van der Waals surface area (Å²) in [7, 11) is 0. The molecular weight excluding hydrogens is 228 g/mol. The molecule has 1 unspecified atom stereocenters. The lowest BCUT2D eigenvalue weighted by atomic mass is 9.93. The van der Waals surface area contributed by atoms with Crippen molar-refractivity contribution in [2.24, 2.45) is 0 Å². The molecule has 0 spiro atoms. The third kappa shape index (κ3) is 2.71. The molecule has 0 aliphatic carbocycles. The van der Waals surface area contributed by atoms with Crippen molar-refractivity contribution in [3.63, 3.8) is 0 Å². The fourth-order valence-corrected chi connectivity index (χ4v) is 1.88. The Kier molecular flexibility index (Phi) is 3.67. The van der Waals surface area contributed by atoms with Gasteiger partial charge in [0.25, 0.3) is 0 Å². The Hall–Kier alpha value is -2.23. The van der Waals surface area contributed by atoms with Crippen LogP contribution in [0, 0.1) is 6.92 Å². The first-order valence-electron chi connectivity index (χ1n) is 5.71. The maximum Gasteiger partial charge on any atom is 0.312 e. The van der Waals surface area contributed by atoms with E-state index in [1.807, 2.05) is 31.2 Å². The van der Waals surface area contributed by atoms with E-state index in [9.17, 15) is 9.90 Å². The number of nitrogens with zero attached hydrogens (tertiary/aromatic N) is 2. The van der Waals surface area contributed by atoms with Crippen LogP contribution in [0.4, 0.5) is 0 Å². The van der Waals surface area contributed by atoms with E-state index >= 15 is 0 Å². The quantitative estimate of drug-likeness (QED) is 0.892. The minimum atomic E-state index is -0.864. The van der Waals surface area contributed by atoms with Crippen molar-refractivity contribution < 1.29 is 9.90 Å². The van der Waals surface area contributed by atoms with Gasteiger partial charge >= 0.3 is 5.97 Å². The van der Waals surface area contributed by atoms with Gasteiger partial charge in [-0.25, -0.2) is 9.97 Å². The van der Waals surface area contributed by atoms with E-state index in [1.165, 1.54) is 6.33 Å². The Balaban J connectivity index is 2.28. The Morgan fingerprint density at radius 2 is 2.11 bits per heavy atom. The number of aliphatic carboxylic acids is 1. The fourth-order valence-electron chi connectivity index (χ4n) is 1.88. The molecule has 0 aliphatic rings. The van der Waals surface area contributed by atoms with Gasteiger partial charge in [0, 0.05) is 6.20 Å². The Morgan fingerprint density at radius 1 is 1.33 bits per heavy atom. The molecular formula is C14H14N2O2. The van der Waals surface area contributed by atoms with Gasteiger partial charge in [0.15, 0.2) is 0 Å². The Morgan fingerprint density at radius 3 is 2.72 bits per heavy atom. The fraction of sp³-hybridized carbons (Fsp3) is 0.214. The minimum absolute atomic E-state index is 0.443. The van der Waals surface area contributed by atoms with E-state index < -0.39 is 11.9 Å². The van der Waals surface area contributed by atoms with Gasteiger partial charge in [-0.3, -0.25) is 4.79 Å². The molecule has 4 heteroatoms. The van der Waals surface area contributed by atoms with Crippen LogP contribution in [0.5, 0.6) is 0 Å². The summed E-state index contributed by atoms with van der Waals surface area (Å²) in [5.41, 5.74) is 2.67. The van der Waals surface area contributed by atoms with Crippen molar-refractivity contribution in [1.82, 2.24) is 9.97 Å². The van der Waals surface area contributed by atoms with Crippen molar-refractivity contribution >= 4 is 5.97 Å². The van der Waals surface area contributed by atoms with Crippen LogP contribution in [0.1, 0.15) is 22.7 Å². The van der Waals surface area contributed by atoms with Crippen LogP contribution in [0.2, 0.25) is 0 Å². The molecule has 0 amide bonds. The summed E-state index contributed by atoms with van der Waals surface area (Å²) in [6.07, 6.45) is 3.39. The molecule has 0 fully saturated rings. The average molecular weight is 242 g/mol. The molecule has 1 aromatic heterocycles. The van der Waals surface area contributed by atoms with Gasteiger partial charge in [-0.1, -0.05) is 24.3 Å².